The fourth-order valence-electron chi connectivity index (χ4n) is 1.89. The molecule has 92 valence electrons. The van der Waals surface area contributed by atoms with E-state index in [1.807, 2.05) is 11.8 Å². The average molecular weight is 252 g/mol. The van der Waals surface area contributed by atoms with Crippen LogP contribution in [0, 0.1) is 0 Å². The molecule has 1 aliphatic rings. The molecule has 1 unspecified atom stereocenters. The molecule has 1 fully saturated rings. The quantitative estimate of drug-likeness (QED) is 0.809. The lowest BCUT2D eigenvalue weighted by Crippen LogP contribution is -2.41. The molecule has 1 aromatic heterocycles. The minimum Gasteiger partial charge on any atom is -0.397 e. The molecular formula is C11H16N4OS. The summed E-state index contributed by atoms with van der Waals surface area (Å²) in [6.07, 6.45) is 1.50. The van der Waals surface area contributed by atoms with Gasteiger partial charge in [-0.25, -0.2) is 4.98 Å². The van der Waals surface area contributed by atoms with Crippen LogP contribution in [0.15, 0.2) is 12.3 Å². The van der Waals surface area contributed by atoms with Crippen LogP contribution < -0.4 is 16.4 Å². The van der Waals surface area contributed by atoms with Gasteiger partial charge in [-0.3, -0.25) is 4.79 Å². The van der Waals surface area contributed by atoms with Gasteiger partial charge >= 0.3 is 0 Å². The molecule has 1 amide bonds. The summed E-state index contributed by atoms with van der Waals surface area (Å²) in [6, 6.07) is 2.09. The number of primary amides is 1. The van der Waals surface area contributed by atoms with Crippen molar-refractivity contribution >= 4 is 29.2 Å². The predicted octanol–water partition coefficient (Wildman–Crippen LogP) is 0.704. The van der Waals surface area contributed by atoms with E-state index < -0.39 is 5.91 Å². The van der Waals surface area contributed by atoms with Crippen LogP contribution in [0.1, 0.15) is 17.3 Å². The summed E-state index contributed by atoms with van der Waals surface area (Å²) in [5.74, 6) is 2.41. The number of anilines is 2. The summed E-state index contributed by atoms with van der Waals surface area (Å²) in [7, 11) is 0. The third kappa shape index (κ3) is 2.46. The molecule has 2 rings (SSSR count). The molecular weight excluding hydrogens is 236 g/mol. The second-order valence-corrected chi connectivity index (χ2v) is 5.26. The number of rotatable bonds is 2. The molecule has 6 heteroatoms. The zero-order valence-electron chi connectivity index (χ0n) is 9.72. The molecule has 2 heterocycles. The lowest BCUT2D eigenvalue weighted by molar-refractivity contribution is 0.100. The maximum absolute atomic E-state index is 11.2. The van der Waals surface area contributed by atoms with Gasteiger partial charge in [-0.05, 0) is 13.0 Å². The minimum atomic E-state index is -0.509. The summed E-state index contributed by atoms with van der Waals surface area (Å²) < 4.78 is 0. The maximum atomic E-state index is 11.2. The Morgan fingerprint density at radius 1 is 1.65 bits per heavy atom. The van der Waals surface area contributed by atoms with Crippen LogP contribution in [0.2, 0.25) is 0 Å². The lowest BCUT2D eigenvalue weighted by atomic mass is 10.2. The number of aromatic nitrogens is 1. The van der Waals surface area contributed by atoms with Crippen LogP contribution >= 0.6 is 11.8 Å². The molecule has 0 radical (unpaired) electrons. The molecule has 1 atom stereocenters. The summed E-state index contributed by atoms with van der Waals surface area (Å²) in [6.45, 7) is 3.08. The number of nitrogens with zero attached hydrogens (tertiary/aromatic N) is 2. The second kappa shape index (κ2) is 4.83. The summed E-state index contributed by atoms with van der Waals surface area (Å²) in [5.41, 5.74) is 11.6. The fraction of sp³-hybridized carbons (Fsp3) is 0.455. The van der Waals surface area contributed by atoms with Gasteiger partial charge in [-0.15, -0.1) is 0 Å². The second-order valence-electron chi connectivity index (χ2n) is 4.11. The van der Waals surface area contributed by atoms with E-state index in [2.05, 4.69) is 16.8 Å². The van der Waals surface area contributed by atoms with Gasteiger partial charge < -0.3 is 16.4 Å². The summed E-state index contributed by atoms with van der Waals surface area (Å²) >= 11 is 1.93. The van der Waals surface area contributed by atoms with Crippen LogP contribution in [0.5, 0.6) is 0 Å². The van der Waals surface area contributed by atoms with Crippen molar-refractivity contribution in [2.75, 3.05) is 28.7 Å². The first-order valence-electron chi connectivity index (χ1n) is 5.49. The van der Waals surface area contributed by atoms with Gasteiger partial charge in [0.25, 0.3) is 5.91 Å². The van der Waals surface area contributed by atoms with E-state index in [1.54, 1.807) is 6.07 Å². The average Bonchev–Trinajstić information content (AvgIpc) is 2.30. The van der Waals surface area contributed by atoms with E-state index in [1.165, 1.54) is 6.20 Å². The number of nitrogens with two attached hydrogens (primary N) is 2. The van der Waals surface area contributed by atoms with Crippen LogP contribution in [-0.4, -0.2) is 35.0 Å². The van der Waals surface area contributed by atoms with Gasteiger partial charge in [0, 0.05) is 24.1 Å². The molecule has 4 N–H and O–H groups in total. The number of hydrogen-bond acceptors (Lipinski definition) is 5. The van der Waals surface area contributed by atoms with Gasteiger partial charge in [0.2, 0.25) is 0 Å². The first-order valence-corrected chi connectivity index (χ1v) is 6.64. The van der Waals surface area contributed by atoms with Crippen molar-refractivity contribution in [1.29, 1.82) is 0 Å². The van der Waals surface area contributed by atoms with Crippen LogP contribution in [-0.2, 0) is 0 Å². The molecule has 5 nitrogen and oxygen atoms in total. The number of thioether (sulfide) groups is 1. The monoisotopic (exact) mass is 252 g/mol. The Morgan fingerprint density at radius 2 is 2.41 bits per heavy atom. The van der Waals surface area contributed by atoms with Gasteiger partial charge in [0.1, 0.15) is 5.82 Å². The SMILES string of the molecule is CC1CSCCN1c1cc(C(N)=O)c(N)cn1. The highest BCUT2D eigenvalue weighted by molar-refractivity contribution is 7.99. The molecule has 1 saturated heterocycles. The van der Waals surface area contributed by atoms with E-state index in [9.17, 15) is 4.79 Å². The first kappa shape index (κ1) is 12.0. The van der Waals surface area contributed by atoms with E-state index in [-0.39, 0.29) is 0 Å². The Labute approximate surface area is 105 Å². The Hall–Kier alpha value is -1.43. The van der Waals surface area contributed by atoms with E-state index >= 15 is 0 Å². The Morgan fingerprint density at radius 3 is 3.06 bits per heavy atom. The maximum Gasteiger partial charge on any atom is 0.250 e. The van der Waals surface area contributed by atoms with Gasteiger partial charge in [-0.1, -0.05) is 0 Å². The molecule has 1 aliphatic heterocycles. The highest BCUT2D eigenvalue weighted by Crippen LogP contribution is 2.24. The zero-order valence-corrected chi connectivity index (χ0v) is 10.5. The smallest absolute Gasteiger partial charge is 0.250 e. The topological polar surface area (TPSA) is 85.2 Å². The third-order valence-electron chi connectivity index (χ3n) is 2.85. The molecule has 0 aromatic carbocycles. The summed E-state index contributed by atoms with van der Waals surface area (Å²) in [5, 5.41) is 0. The third-order valence-corrected chi connectivity index (χ3v) is 4.04. The molecule has 17 heavy (non-hydrogen) atoms. The van der Waals surface area contributed by atoms with Crippen molar-refractivity contribution in [2.45, 2.75) is 13.0 Å². The van der Waals surface area contributed by atoms with Gasteiger partial charge in [-0.2, -0.15) is 11.8 Å². The first-order chi connectivity index (χ1) is 8.09. The number of nitrogen functional groups attached to an aromatic ring is 1. The Kier molecular flexibility index (Phi) is 3.42. The highest BCUT2D eigenvalue weighted by atomic mass is 32.2. The Bertz CT molecular complexity index is 437. The van der Waals surface area contributed by atoms with Crippen LogP contribution in [0.3, 0.4) is 0 Å². The number of carbonyl (C=O) groups excluding carboxylic acids is 1. The van der Waals surface area contributed by atoms with Crippen molar-refractivity contribution in [3.05, 3.63) is 17.8 Å². The Balaban J connectivity index is 2.32. The molecule has 1 aromatic rings. The van der Waals surface area contributed by atoms with Gasteiger partial charge in [0.05, 0.1) is 17.4 Å². The van der Waals surface area contributed by atoms with Crippen molar-refractivity contribution in [1.82, 2.24) is 4.98 Å². The largest absolute Gasteiger partial charge is 0.397 e. The normalized spacial score (nSPS) is 20.3. The lowest BCUT2D eigenvalue weighted by Gasteiger charge is -2.34. The highest BCUT2D eigenvalue weighted by Gasteiger charge is 2.21. The van der Waals surface area contributed by atoms with Crippen LogP contribution in [0.4, 0.5) is 11.5 Å². The van der Waals surface area contributed by atoms with E-state index in [0.29, 0.717) is 17.3 Å². The van der Waals surface area contributed by atoms with Crippen molar-refractivity contribution in [3.8, 4) is 0 Å². The van der Waals surface area contributed by atoms with Crippen molar-refractivity contribution in [3.63, 3.8) is 0 Å². The fourth-order valence-corrected chi connectivity index (χ4v) is 2.91. The van der Waals surface area contributed by atoms with Crippen LogP contribution in [0.25, 0.3) is 0 Å². The van der Waals surface area contributed by atoms with Crippen molar-refractivity contribution < 1.29 is 4.79 Å². The minimum absolute atomic E-state index is 0.334. The van der Waals surface area contributed by atoms with Crippen molar-refractivity contribution in [2.24, 2.45) is 5.73 Å². The number of carbonyl (C=O) groups is 1. The molecule has 0 saturated carbocycles. The number of hydrogen-bond donors (Lipinski definition) is 2. The van der Waals surface area contributed by atoms with E-state index in [0.717, 1.165) is 23.9 Å². The van der Waals surface area contributed by atoms with Gasteiger partial charge in [0.15, 0.2) is 0 Å². The zero-order chi connectivity index (χ0) is 12.4. The van der Waals surface area contributed by atoms with E-state index in [4.69, 9.17) is 11.5 Å². The predicted molar refractivity (Wildman–Crippen MR) is 71.3 cm³/mol. The number of amides is 1. The molecule has 0 aliphatic carbocycles. The number of pyridine rings is 1. The molecule has 0 spiro atoms. The standard InChI is InChI=1S/C11H16N4OS/c1-7-6-17-3-2-15(7)10-4-8(11(13)16)9(12)5-14-10/h4-5,7H,2-3,6,12H2,1H3,(H2,13,16). The summed E-state index contributed by atoms with van der Waals surface area (Å²) in [4.78, 5) is 17.7. The molecule has 0 bridgehead atoms.